The summed E-state index contributed by atoms with van der Waals surface area (Å²) in [4.78, 5) is 14.0. The van der Waals surface area contributed by atoms with E-state index in [-0.39, 0.29) is 5.91 Å². The third kappa shape index (κ3) is 4.49. The zero-order valence-electron chi connectivity index (χ0n) is 10.8. The van der Waals surface area contributed by atoms with Crippen LogP contribution in [0.25, 0.3) is 0 Å². The second-order valence-corrected chi connectivity index (χ2v) is 4.91. The Kier molecular flexibility index (Phi) is 5.77. The Bertz CT molecular complexity index is 212. The summed E-state index contributed by atoms with van der Waals surface area (Å²) in [5, 5.41) is 6.31. The molecule has 94 valence electrons. The van der Waals surface area contributed by atoms with Gasteiger partial charge >= 0.3 is 0 Å². The molecule has 1 saturated heterocycles. The third-order valence-corrected chi connectivity index (χ3v) is 3.01. The zero-order valence-corrected chi connectivity index (χ0v) is 10.8. The second-order valence-electron chi connectivity index (χ2n) is 4.91. The minimum absolute atomic E-state index is 0.155. The van der Waals surface area contributed by atoms with Crippen molar-refractivity contribution < 1.29 is 4.79 Å². The molecule has 1 heterocycles. The molecule has 16 heavy (non-hydrogen) atoms. The standard InChI is InChI=1S/C12H25N3O/c1-4-15(11-5-6-13-8-11)9-12(16)14-7-10(2)3/h10-11,13H,4-9H2,1-3H3,(H,14,16). The fraction of sp³-hybridized carbons (Fsp3) is 0.917. The number of carbonyl (C=O) groups excluding carboxylic acids is 1. The molecule has 1 atom stereocenters. The Hall–Kier alpha value is -0.610. The van der Waals surface area contributed by atoms with Crippen LogP contribution >= 0.6 is 0 Å². The normalized spacial score (nSPS) is 20.7. The molecule has 1 unspecified atom stereocenters. The van der Waals surface area contributed by atoms with Crippen LogP contribution in [0.3, 0.4) is 0 Å². The quantitative estimate of drug-likeness (QED) is 0.692. The molecule has 1 aliphatic rings. The molecule has 1 aliphatic heterocycles. The fourth-order valence-corrected chi connectivity index (χ4v) is 2.01. The van der Waals surface area contributed by atoms with Gasteiger partial charge in [-0.05, 0) is 25.4 Å². The Labute approximate surface area is 98.8 Å². The van der Waals surface area contributed by atoms with Crippen molar-refractivity contribution in [1.29, 1.82) is 0 Å². The van der Waals surface area contributed by atoms with E-state index < -0.39 is 0 Å². The van der Waals surface area contributed by atoms with E-state index >= 15 is 0 Å². The lowest BCUT2D eigenvalue weighted by Gasteiger charge is -2.26. The van der Waals surface area contributed by atoms with Crippen LogP contribution in [0.2, 0.25) is 0 Å². The summed E-state index contributed by atoms with van der Waals surface area (Å²) in [6, 6.07) is 0.537. The lowest BCUT2D eigenvalue weighted by molar-refractivity contribution is -0.122. The lowest BCUT2D eigenvalue weighted by atomic mass is 10.2. The molecule has 4 nitrogen and oxygen atoms in total. The van der Waals surface area contributed by atoms with Crippen molar-refractivity contribution in [1.82, 2.24) is 15.5 Å². The van der Waals surface area contributed by atoms with Gasteiger partial charge in [0.15, 0.2) is 0 Å². The van der Waals surface area contributed by atoms with Crippen LogP contribution in [0, 0.1) is 5.92 Å². The topological polar surface area (TPSA) is 44.4 Å². The van der Waals surface area contributed by atoms with Crippen molar-refractivity contribution >= 4 is 5.91 Å². The van der Waals surface area contributed by atoms with Gasteiger partial charge in [-0.25, -0.2) is 0 Å². The molecule has 4 heteroatoms. The van der Waals surface area contributed by atoms with E-state index in [1.807, 2.05) is 0 Å². The Morgan fingerprint density at radius 3 is 2.81 bits per heavy atom. The Morgan fingerprint density at radius 2 is 2.31 bits per heavy atom. The van der Waals surface area contributed by atoms with Crippen LogP contribution in [0.1, 0.15) is 27.2 Å². The third-order valence-electron chi connectivity index (χ3n) is 3.01. The van der Waals surface area contributed by atoms with Crippen LogP contribution in [-0.2, 0) is 4.79 Å². The second kappa shape index (κ2) is 6.86. The Morgan fingerprint density at radius 1 is 1.56 bits per heavy atom. The molecule has 0 spiro atoms. The largest absolute Gasteiger partial charge is 0.355 e. The van der Waals surface area contributed by atoms with Crippen LogP contribution in [0.15, 0.2) is 0 Å². The minimum atomic E-state index is 0.155. The van der Waals surface area contributed by atoms with Crippen molar-refractivity contribution in [3.63, 3.8) is 0 Å². The van der Waals surface area contributed by atoms with Crippen molar-refractivity contribution in [3.05, 3.63) is 0 Å². The van der Waals surface area contributed by atoms with Crippen LogP contribution in [0.4, 0.5) is 0 Å². The van der Waals surface area contributed by atoms with Crippen molar-refractivity contribution in [2.75, 3.05) is 32.7 Å². The molecule has 1 amide bonds. The summed E-state index contributed by atoms with van der Waals surface area (Å²) in [7, 11) is 0. The average molecular weight is 227 g/mol. The van der Waals surface area contributed by atoms with E-state index in [1.165, 1.54) is 0 Å². The minimum Gasteiger partial charge on any atom is -0.355 e. The molecule has 0 aromatic rings. The summed E-state index contributed by atoms with van der Waals surface area (Å²) < 4.78 is 0. The molecule has 0 saturated carbocycles. The predicted molar refractivity (Wildman–Crippen MR) is 66.4 cm³/mol. The van der Waals surface area contributed by atoms with E-state index in [4.69, 9.17) is 0 Å². The number of carbonyl (C=O) groups is 1. The number of hydrogen-bond acceptors (Lipinski definition) is 3. The molecule has 0 aromatic carbocycles. The van der Waals surface area contributed by atoms with Gasteiger partial charge in [0.05, 0.1) is 6.54 Å². The summed E-state index contributed by atoms with van der Waals surface area (Å²) in [6.45, 7) is 10.7. The van der Waals surface area contributed by atoms with E-state index in [1.54, 1.807) is 0 Å². The van der Waals surface area contributed by atoms with Gasteiger partial charge < -0.3 is 10.6 Å². The molecule has 1 rings (SSSR count). The molecular weight excluding hydrogens is 202 g/mol. The molecule has 0 bridgehead atoms. The first-order chi connectivity index (χ1) is 7.63. The molecule has 0 aliphatic carbocycles. The molecular formula is C12H25N3O. The van der Waals surface area contributed by atoms with Crippen LogP contribution in [0.5, 0.6) is 0 Å². The maximum absolute atomic E-state index is 11.7. The smallest absolute Gasteiger partial charge is 0.234 e. The average Bonchev–Trinajstić information content (AvgIpc) is 2.76. The van der Waals surface area contributed by atoms with Gasteiger partial charge in [0.2, 0.25) is 5.91 Å². The van der Waals surface area contributed by atoms with Crippen LogP contribution < -0.4 is 10.6 Å². The monoisotopic (exact) mass is 227 g/mol. The van der Waals surface area contributed by atoms with Gasteiger partial charge in [0.25, 0.3) is 0 Å². The Balaban J connectivity index is 2.28. The molecule has 0 aromatic heterocycles. The molecule has 0 radical (unpaired) electrons. The van der Waals surface area contributed by atoms with Gasteiger partial charge in [-0.15, -0.1) is 0 Å². The van der Waals surface area contributed by atoms with Gasteiger partial charge in [-0.3, -0.25) is 9.69 Å². The van der Waals surface area contributed by atoms with Gasteiger partial charge in [-0.2, -0.15) is 0 Å². The first kappa shape index (κ1) is 13.5. The number of nitrogens with zero attached hydrogens (tertiary/aromatic N) is 1. The molecule has 1 fully saturated rings. The highest BCUT2D eigenvalue weighted by molar-refractivity contribution is 5.78. The maximum atomic E-state index is 11.7. The maximum Gasteiger partial charge on any atom is 0.234 e. The highest BCUT2D eigenvalue weighted by atomic mass is 16.2. The van der Waals surface area contributed by atoms with E-state index in [0.717, 1.165) is 32.6 Å². The highest BCUT2D eigenvalue weighted by Crippen LogP contribution is 2.07. The highest BCUT2D eigenvalue weighted by Gasteiger charge is 2.22. The number of nitrogens with one attached hydrogen (secondary N) is 2. The number of likely N-dealkylation sites (N-methyl/N-ethyl adjacent to an activating group) is 1. The van der Waals surface area contributed by atoms with E-state index in [2.05, 4.69) is 36.3 Å². The fourth-order valence-electron chi connectivity index (χ4n) is 2.01. The zero-order chi connectivity index (χ0) is 12.0. The molecule has 2 N–H and O–H groups in total. The summed E-state index contributed by atoms with van der Waals surface area (Å²) >= 11 is 0. The number of hydrogen-bond donors (Lipinski definition) is 2. The van der Waals surface area contributed by atoms with Crippen molar-refractivity contribution in [2.45, 2.75) is 33.2 Å². The summed E-state index contributed by atoms with van der Waals surface area (Å²) in [5.41, 5.74) is 0. The van der Waals surface area contributed by atoms with E-state index in [9.17, 15) is 4.79 Å². The van der Waals surface area contributed by atoms with E-state index in [0.29, 0.717) is 18.5 Å². The number of rotatable bonds is 6. The van der Waals surface area contributed by atoms with Crippen molar-refractivity contribution in [2.24, 2.45) is 5.92 Å². The van der Waals surface area contributed by atoms with Crippen LogP contribution in [-0.4, -0.2) is 49.6 Å². The predicted octanol–water partition coefficient (Wildman–Crippen LogP) is 0.442. The summed E-state index contributed by atoms with van der Waals surface area (Å²) in [5.74, 6) is 0.676. The first-order valence-electron chi connectivity index (χ1n) is 6.35. The number of amides is 1. The summed E-state index contributed by atoms with van der Waals surface area (Å²) in [6.07, 6.45) is 1.16. The van der Waals surface area contributed by atoms with Gasteiger partial charge in [0.1, 0.15) is 0 Å². The SMILES string of the molecule is CCN(CC(=O)NCC(C)C)C1CCNC1. The van der Waals surface area contributed by atoms with Gasteiger partial charge in [-0.1, -0.05) is 20.8 Å². The van der Waals surface area contributed by atoms with Crippen molar-refractivity contribution in [3.8, 4) is 0 Å². The lowest BCUT2D eigenvalue weighted by Crippen LogP contribution is -2.44. The first-order valence-corrected chi connectivity index (χ1v) is 6.35. The van der Waals surface area contributed by atoms with Gasteiger partial charge in [0, 0.05) is 19.1 Å².